The van der Waals surface area contributed by atoms with Gasteiger partial charge in [-0.25, -0.2) is 0 Å². The molecule has 1 unspecified atom stereocenters. The van der Waals surface area contributed by atoms with Crippen LogP contribution in [0, 0.1) is 12.3 Å². The van der Waals surface area contributed by atoms with Gasteiger partial charge in [-0.15, -0.1) is 10.2 Å². The normalized spacial score (nSPS) is 26.3. The van der Waals surface area contributed by atoms with Gasteiger partial charge in [-0.3, -0.25) is 0 Å². The van der Waals surface area contributed by atoms with Crippen LogP contribution >= 0.6 is 0 Å². The van der Waals surface area contributed by atoms with E-state index in [1.54, 1.807) is 6.33 Å². The average Bonchev–Trinajstić information content (AvgIpc) is 3.02. The van der Waals surface area contributed by atoms with E-state index in [1.807, 2.05) is 11.4 Å². The number of aromatic nitrogens is 4. The predicted molar refractivity (Wildman–Crippen MR) is 90.7 cm³/mol. The first kappa shape index (κ1) is 14.9. The third kappa shape index (κ3) is 2.69. The van der Waals surface area contributed by atoms with E-state index in [2.05, 4.69) is 38.1 Å². The van der Waals surface area contributed by atoms with Crippen molar-refractivity contribution in [3.63, 3.8) is 0 Å². The third-order valence-corrected chi connectivity index (χ3v) is 5.56. The second kappa shape index (κ2) is 5.74. The van der Waals surface area contributed by atoms with Crippen molar-refractivity contribution in [2.24, 2.45) is 5.41 Å². The molecule has 0 N–H and O–H groups in total. The highest BCUT2D eigenvalue weighted by molar-refractivity contribution is 5.68. The van der Waals surface area contributed by atoms with E-state index in [0.29, 0.717) is 5.41 Å². The first-order valence-corrected chi connectivity index (χ1v) is 8.84. The Balaban J connectivity index is 1.65. The molecule has 6 heteroatoms. The minimum atomic E-state index is 0.445. The van der Waals surface area contributed by atoms with Crippen LogP contribution in [0.1, 0.15) is 38.3 Å². The lowest BCUT2D eigenvalue weighted by Crippen LogP contribution is -2.52. The van der Waals surface area contributed by atoms with E-state index >= 15 is 0 Å². The van der Waals surface area contributed by atoms with Crippen LogP contribution in [0.4, 0.5) is 5.69 Å². The molecule has 2 fully saturated rings. The lowest BCUT2D eigenvalue weighted by Gasteiger charge is -2.49. The predicted octanol–water partition coefficient (Wildman–Crippen LogP) is 2.14. The van der Waals surface area contributed by atoms with E-state index in [4.69, 9.17) is 0 Å². The number of anilines is 1. The van der Waals surface area contributed by atoms with Crippen LogP contribution in [0.5, 0.6) is 0 Å². The maximum Gasteiger partial charge on any atom is 0.200 e. The Kier molecular flexibility index (Phi) is 3.71. The quantitative estimate of drug-likeness (QED) is 0.850. The number of aryl methyl sites for hydroxylation is 1. The molecule has 0 radical (unpaired) electrons. The fraction of sp³-hybridized carbons (Fsp3) is 0.706. The molecule has 2 aromatic heterocycles. The van der Waals surface area contributed by atoms with Crippen molar-refractivity contribution in [2.75, 3.05) is 37.6 Å². The van der Waals surface area contributed by atoms with Crippen molar-refractivity contribution >= 4 is 11.3 Å². The molecule has 4 rings (SSSR count). The van der Waals surface area contributed by atoms with Gasteiger partial charge in [0.15, 0.2) is 0 Å². The number of rotatable bonds is 2. The van der Waals surface area contributed by atoms with Gasteiger partial charge in [0.05, 0.1) is 11.4 Å². The van der Waals surface area contributed by atoms with Gasteiger partial charge in [0.1, 0.15) is 6.33 Å². The number of fused-ring (bicyclic) bond motifs is 1. The maximum atomic E-state index is 4.48. The van der Waals surface area contributed by atoms with Crippen LogP contribution in [-0.4, -0.2) is 57.4 Å². The minimum absolute atomic E-state index is 0.445. The highest BCUT2D eigenvalue weighted by Gasteiger charge is 2.39. The number of nitrogens with zero attached hydrogens (tertiary/aromatic N) is 6. The van der Waals surface area contributed by atoms with Gasteiger partial charge in [-0.1, -0.05) is 6.92 Å². The molecule has 124 valence electrons. The van der Waals surface area contributed by atoms with Crippen molar-refractivity contribution in [3.8, 4) is 0 Å². The summed E-state index contributed by atoms with van der Waals surface area (Å²) in [5.41, 5.74) is 3.55. The Bertz CT molecular complexity index is 691. The molecule has 4 heterocycles. The third-order valence-electron chi connectivity index (χ3n) is 5.56. The standard InChI is InChI=1S/C17H26N6/c1-3-21-8-4-6-17(11-21)7-5-9-22(12-17)15-10-14(2)20-23-13-18-19-16(15)23/h10,13H,3-9,11-12H2,1-2H3. The molecular weight excluding hydrogens is 288 g/mol. The topological polar surface area (TPSA) is 49.6 Å². The SMILES string of the molecule is CCN1CCCC2(CCCN(c3cc(C)nn4cnnc34)C2)C1. The fourth-order valence-corrected chi connectivity index (χ4v) is 4.49. The summed E-state index contributed by atoms with van der Waals surface area (Å²) in [7, 11) is 0. The highest BCUT2D eigenvalue weighted by Crippen LogP contribution is 2.40. The van der Waals surface area contributed by atoms with Crippen molar-refractivity contribution < 1.29 is 0 Å². The molecule has 2 saturated heterocycles. The number of hydrogen-bond donors (Lipinski definition) is 0. The van der Waals surface area contributed by atoms with Crippen LogP contribution < -0.4 is 4.90 Å². The lowest BCUT2D eigenvalue weighted by molar-refractivity contribution is 0.0771. The van der Waals surface area contributed by atoms with Crippen molar-refractivity contribution in [1.82, 2.24) is 24.7 Å². The summed E-state index contributed by atoms with van der Waals surface area (Å²) < 4.78 is 1.81. The Hall–Kier alpha value is -1.69. The second-order valence-corrected chi connectivity index (χ2v) is 7.27. The zero-order valence-electron chi connectivity index (χ0n) is 14.2. The van der Waals surface area contributed by atoms with Crippen LogP contribution in [0.25, 0.3) is 5.65 Å². The van der Waals surface area contributed by atoms with Gasteiger partial charge in [0.25, 0.3) is 0 Å². The zero-order valence-corrected chi connectivity index (χ0v) is 14.2. The summed E-state index contributed by atoms with van der Waals surface area (Å²) in [6.07, 6.45) is 7.00. The Morgan fingerprint density at radius 1 is 1.17 bits per heavy atom. The van der Waals surface area contributed by atoms with Crippen molar-refractivity contribution in [3.05, 3.63) is 18.1 Å². The van der Waals surface area contributed by atoms with Crippen LogP contribution in [0.2, 0.25) is 0 Å². The molecule has 6 nitrogen and oxygen atoms in total. The minimum Gasteiger partial charge on any atom is -0.368 e. The molecule has 1 spiro atoms. The smallest absolute Gasteiger partial charge is 0.200 e. The zero-order chi connectivity index (χ0) is 15.9. The Labute approximate surface area is 137 Å². The second-order valence-electron chi connectivity index (χ2n) is 7.27. The molecule has 2 aliphatic rings. The highest BCUT2D eigenvalue weighted by atomic mass is 15.4. The first-order chi connectivity index (χ1) is 11.2. The number of hydrogen-bond acceptors (Lipinski definition) is 5. The molecule has 0 aliphatic carbocycles. The Morgan fingerprint density at radius 2 is 2.00 bits per heavy atom. The van der Waals surface area contributed by atoms with Gasteiger partial charge in [0.2, 0.25) is 5.65 Å². The fourth-order valence-electron chi connectivity index (χ4n) is 4.49. The number of likely N-dealkylation sites (tertiary alicyclic amines) is 1. The summed E-state index contributed by atoms with van der Waals surface area (Å²) in [5.74, 6) is 0. The van der Waals surface area contributed by atoms with Gasteiger partial charge >= 0.3 is 0 Å². The first-order valence-electron chi connectivity index (χ1n) is 8.84. The monoisotopic (exact) mass is 314 g/mol. The maximum absolute atomic E-state index is 4.48. The summed E-state index contributed by atoms with van der Waals surface area (Å²) >= 11 is 0. The summed E-state index contributed by atoms with van der Waals surface area (Å²) in [6.45, 7) is 10.3. The summed E-state index contributed by atoms with van der Waals surface area (Å²) in [4.78, 5) is 5.15. The van der Waals surface area contributed by atoms with Gasteiger partial charge in [-0.2, -0.15) is 9.61 Å². The van der Waals surface area contributed by atoms with E-state index in [9.17, 15) is 0 Å². The van der Waals surface area contributed by atoms with E-state index in [0.717, 1.165) is 24.4 Å². The summed E-state index contributed by atoms with van der Waals surface area (Å²) in [6, 6.07) is 2.17. The molecular formula is C17H26N6. The van der Waals surface area contributed by atoms with Crippen LogP contribution in [-0.2, 0) is 0 Å². The molecule has 23 heavy (non-hydrogen) atoms. The molecule has 1 atom stereocenters. The lowest BCUT2D eigenvalue weighted by atomic mass is 9.73. The summed E-state index contributed by atoms with van der Waals surface area (Å²) in [5, 5.41) is 12.8. The number of piperidine rings is 2. The average molecular weight is 314 g/mol. The van der Waals surface area contributed by atoms with Gasteiger partial charge in [0, 0.05) is 25.0 Å². The van der Waals surface area contributed by atoms with Crippen LogP contribution in [0.3, 0.4) is 0 Å². The molecule has 0 amide bonds. The van der Waals surface area contributed by atoms with Crippen molar-refractivity contribution in [1.29, 1.82) is 0 Å². The molecule has 2 aromatic rings. The van der Waals surface area contributed by atoms with E-state index in [1.165, 1.54) is 51.0 Å². The Morgan fingerprint density at radius 3 is 2.83 bits per heavy atom. The molecule has 0 saturated carbocycles. The van der Waals surface area contributed by atoms with E-state index in [-0.39, 0.29) is 0 Å². The van der Waals surface area contributed by atoms with Gasteiger partial charge in [-0.05, 0) is 51.8 Å². The molecule has 0 aromatic carbocycles. The van der Waals surface area contributed by atoms with Crippen molar-refractivity contribution in [2.45, 2.75) is 39.5 Å². The largest absolute Gasteiger partial charge is 0.368 e. The molecule has 0 bridgehead atoms. The van der Waals surface area contributed by atoms with Crippen LogP contribution in [0.15, 0.2) is 12.4 Å². The molecule has 2 aliphatic heterocycles. The van der Waals surface area contributed by atoms with Gasteiger partial charge < -0.3 is 9.80 Å². The van der Waals surface area contributed by atoms with E-state index < -0.39 is 0 Å².